The summed E-state index contributed by atoms with van der Waals surface area (Å²) in [5, 5.41) is 0. The van der Waals surface area contributed by atoms with Gasteiger partial charge in [-0.1, -0.05) is 65.3 Å². The van der Waals surface area contributed by atoms with E-state index in [2.05, 4.69) is 59.8 Å². The number of hydrogen-bond donors (Lipinski definition) is 0. The first-order chi connectivity index (χ1) is 15.6. The summed E-state index contributed by atoms with van der Waals surface area (Å²) < 4.78 is 5.62. The number of carbonyl (C=O) groups is 1. The molecule has 3 saturated carbocycles. The van der Waals surface area contributed by atoms with E-state index in [0.717, 1.165) is 48.3 Å². The summed E-state index contributed by atoms with van der Waals surface area (Å²) in [5.41, 5.74) is 2.44. The quantitative estimate of drug-likeness (QED) is 0.297. The number of fused-ring (bicyclic) bond motifs is 5. The smallest absolute Gasteiger partial charge is 0.302 e. The molecular formula is C31H50O2. The summed E-state index contributed by atoms with van der Waals surface area (Å²) in [6.45, 7) is 16.3. The van der Waals surface area contributed by atoms with Gasteiger partial charge in [-0.15, -0.1) is 0 Å². The Morgan fingerprint density at radius 2 is 1.85 bits per heavy atom. The highest BCUT2D eigenvalue weighted by molar-refractivity contribution is 5.66. The minimum atomic E-state index is -0.120. The third kappa shape index (κ3) is 4.50. The van der Waals surface area contributed by atoms with Crippen LogP contribution in [0, 0.1) is 52.3 Å². The molecule has 0 heterocycles. The third-order valence-corrected chi connectivity index (χ3v) is 11.1. The van der Waals surface area contributed by atoms with Crippen LogP contribution in [0.2, 0.25) is 0 Å². The number of ether oxygens (including phenoxy) is 1. The molecule has 33 heavy (non-hydrogen) atoms. The fourth-order valence-corrected chi connectivity index (χ4v) is 9.15. The zero-order chi connectivity index (χ0) is 24.0. The Morgan fingerprint density at radius 1 is 1.09 bits per heavy atom. The van der Waals surface area contributed by atoms with Gasteiger partial charge in [-0.05, 0) is 104 Å². The molecule has 4 aliphatic rings. The summed E-state index contributed by atoms with van der Waals surface area (Å²) in [5.74, 6) is 5.41. The molecule has 0 aromatic rings. The van der Waals surface area contributed by atoms with Gasteiger partial charge in [0.1, 0.15) is 6.10 Å². The highest BCUT2D eigenvalue weighted by atomic mass is 16.5. The van der Waals surface area contributed by atoms with Crippen LogP contribution in [0.5, 0.6) is 0 Å². The summed E-state index contributed by atoms with van der Waals surface area (Å²) in [4.78, 5) is 11.5. The minimum absolute atomic E-state index is 0.105. The zero-order valence-electron chi connectivity index (χ0n) is 22.5. The van der Waals surface area contributed by atoms with Gasteiger partial charge in [-0.2, -0.15) is 0 Å². The van der Waals surface area contributed by atoms with Crippen LogP contribution in [0.1, 0.15) is 106 Å². The van der Waals surface area contributed by atoms with Gasteiger partial charge in [0, 0.05) is 13.3 Å². The summed E-state index contributed by atoms with van der Waals surface area (Å²) in [7, 11) is 0. The first-order valence-corrected chi connectivity index (χ1v) is 14.1. The fraction of sp³-hybridized carbons (Fsp3) is 0.839. The lowest BCUT2D eigenvalue weighted by Crippen LogP contribution is -2.51. The lowest BCUT2D eigenvalue weighted by Gasteiger charge is -2.58. The van der Waals surface area contributed by atoms with Gasteiger partial charge < -0.3 is 4.74 Å². The van der Waals surface area contributed by atoms with Crippen LogP contribution in [0.3, 0.4) is 0 Å². The first kappa shape index (κ1) is 25.1. The molecule has 0 amide bonds. The van der Waals surface area contributed by atoms with Crippen molar-refractivity contribution in [3.8, 4) is 0 Å². The van der Waals surface area contributed by atoms with E-state index in [1.807, 2.05) is 0 Å². The maximum absolute atomic E-state index is 11.5. The molecule has 0 bridgehead atoms. The van der Waals surface area contributed by atoms with Crippen LogP contribution < -0.4 is 0 Å². The highest BCUT2D eigenvalue weighted by Crippen LogP contribution is 2.67. The molecule has 0 unspecified atom stereocenters. The van der Waals surface area contributed by atoms with E-state index < -0.39 is 0 Å². The Bertz CT molecular complexity index is 778. The van der Waals surface area contributed by atoms with Gasteiger partial charge in [-0.3, -0.25) is 4.79 Å². The summed E-state index contributed by atoms with van der Waals surface area (Å²) in [6.07, 6.45) is 19.2. The number of esters is 1. The molecule has 4 rings (SSSR count). The highest BCUT2D eigenvalue weighted by Gasteiger charge is 2.59. The second kappa shape index (κ2) is 9.54. The molecule has 0 aromatic heterocycles. The number of rotatable bonds is 6. The lowest BCUT2D eigenvalue weighted by molar-refractivity contribution is -0.148. The molecule has 0 N–H and O–H groups in total. The fourth-order valence-electron chi connectivity index (χ4n) is 9.15. The summed E-state index contributed by atoms with van der Waals surface area (Å²) in [6, 6.07) is 0. The SMILES string of the molecule is CC[C@H](/C=C/[C@@H](C)[C@H]1CC[C@@H]2[C@H]3CC=C4C[C@@H](OC(C)=O)CC[C@]4(C)[C@@H]3CC[C@@]21C)C(C)C. The van der Waals surface area contributed by atoms with E-state index in [1.54, 1.807) is 12.5 Å². The Balaban J connectivity index is 1.49. The van der Waals surface area contributed by atoms with Gasteiger partial charge in [0.05, 0.1) is 0 Å². The molecule has 3 fully saturated rings. The lowest BCUT2D eigenvalue weighted by atomic mass is 9.47. The van der Waals surface area contributed by atoms with Crippen molar-refractivity contribution in [2.24, 2.45) is 52.3 Å². The summed E-state index contributed by atoms with van der Waals surface area (Å²) >= 11 is 0. The average molecular weight is 455 g/mol. The van der Waals surface area contributed by atoms with Crippen molar-refractivity contribution in [2.45, 2.75) is 112 Å². The van der Waals surface area contributed by atoms with E-state index in [4.69, 9.17) is 4.74 Å². The van der Waals surface area contributed by atoms with Crippen LogP contribution in [0.25, 0.3) is 0 Å². The molecule has 2 heteroatoms. The van der Waals surface area contributed by atoms with Gasteiger partial charge in [-0.25, -0.2) is 0 Å². The van der Waals surface area contributed by atoms with E-state index >= 15 is 0 Å². The molecule has 0 saturated heterocycles. The van der Waals surface area contributed by atoms with Gasteiger partial charge >= 0.3 is 5.97 Å². The number of allylic oxidation sites excluding steroid dienone is 3. The normalized spacial score (nSPS) is 42.3. The maximum Gasteiger partial charge on any atom is 0.302 e. The van der Waals surface area contributed by atoms with Crippen LogP contribution in [-0.4, -0.2) is 12.1 Å². The van der Waals surface area contributed by atoms with E-state index in [1.165, 1.54) is 44.9 Å². The largest absolute Gasteiger partial charge is 0.462 e. The van der Waals surface area contributed by atoms with Crippen molar-refractivity contribution in [1.29, 1.82) is 0 Å². The molecule has 0 aliphatic heterocycles. The molecule has 4 aliphatic carbocycles. The molecule has 2 nitrogen and oxygen atoms in total. The molecule has 0 spiro atoms. The standard InChI is InChI=1S/C31H50O2/c1-8-23(20(2)3)10-9-21(4)27-13-14-28-26-12-11-24-19-25(33-22(5)32)15-17-30(24,6)29(26)16-18-31(27,28)7/h9-11,20-21,23,25-29H,8,12-19H2,1-7H3/b10-9+/t21-,23-,25+,26-,27-,28-,29-,30+,31-/m1/s1. The van der Waals surface area contributed by atoms with Crippen LogP contribution >= 0.6 is 0 Å². The third-order valence-electron chi connectivity index (χ3n) is 11.1. The van der Waals surface area contributed by atoms with Crippen molar-refractivity contribution < 1.29 is 9.53 Å². The molecule has 186 valence electrons. The maximum atomic E-state index is 11.5. The second-order valence-corrected chi connectivity index (χ2v) is 13.0. The predicted molar refractivity (Wildman–Crippen MR) is 138 cm³/mol. The number of hydrogen-bond acceptors (Lipinski definition) is 2. The van der Waals surface area contributed by atoms with Gasteiger partial charge in [0.25, 0.3) is 0 Å². The molecule has 0 aromatic carbocycles. The van der Waals surface area contributed by atoms with Gasteiger partial charge in [0.15, 0.2) is 0 Å². The van der Waals surface area contributed by atoms with E-state index in [0.29, 0.717) is 16.7 Å². The zero-order valence-corrected chi connectivity index (χ0v) is 22.5. The van der Waals surface area contributed by atoms with Crippen LogP contribution in [-0.2, 0) is 9.53 Å². The Morgan fingerprint density at radius 3 is 2.52 bits per heavy atom. The average Bonchev–Trinajstić information content (AvgIpc) is 3.11. The van der Waals surface area contributed by atoms with Crippen LogP contribution in [0.4, 0.5) is 0 Å². The van der Waals surface area contributed by atoms with E-state index in [-0.39, 0.29) is 12.1 Å². The minimum Gasteiger partial charge on any atom is -0.462 e. The Kier molecular flexibility index (Phi) is 7.24. The van der Waals surface area contributed by atoms with Crippen molar-refractivity contribution in [2.75, 3.05) is 0 Å². The van der Waals surface area contributed by atoms with Gasteiger partial charge in [0.2, 0.25) is 0 Å². The second-order valence-electron chi connectivity index (χ2n) is 13.0. The first-order valence-electron chi connectivity index (χ1n) is 14.1. The Labute approximate surface area is 204 Å². The molecular weight excluding hydrogens is 404 g/mol. The molecule has 0 radical (unpaired) electrons. The molecule has 9 atom stereocenters. The van der Waals surface area contributed by atoms with Crippen molar-refractivity contribution in [3.63, 3.8) is 0 Å². The van der Waals surface area contributed by atoms with Crippen molar-refractivity contribution >= 4 is 5.97 Å². The topological polar surface area (TPSA) is 26.3 Å². The number of carbonyl (C=O) groups excluding carboxylic acids is 1. The van der Waals surface area contributed by atoms with E-state index in [9.17, 15) is 4.79 Å². The Hall–Kier alpha value is -1.05. The monoisotopic (exact) mass is 454 g/mol. The van der Waals surface area contributed by atoms with Crippen LogP contribution in [0.15, 0.2) is 23.8 Å². The predicted octanol–water partition coefficient (Wildman–Crippen LogP) is 8.37. The van der Waals surface area contributed by atoms with Crippen molar-refractivity contribution in [1.82, 2.24) is 0 Å². The van der Waals surface area contributed by atoms with Crippen molar-refractivity contribution in [3.05, 3.63) is 23.8 Å².